The fourth-order valence-electron chi connectivity index (χ4n) is 2.30. The van der Waals surface area contributed by atoms with E-state index in [1.807, 2.05) is 60.7 Å². The number of nitrogens with zero attached hydrogens (tertiary/aromatic N) is 3. The van der Waals surface area contributed by atoms with Crippen LogP contribution in [0.4, 0.5) is 10.5 Å². The number of benzene rings is 2. The zero-order chi connectivity index (χ0) is 14.7. The Labute approximate surface area is 122 Å². The van der Waals surface area contributed by atoms with Gasteiger partial charge in [-0.3, -0.25) is 4.79 Å². The molecule has 1 fully saturated rings. The zero-order valence-corrected chi connectivity index (χ0v) is 11.3. The number of amides is 3. The van der Waals surface area contributed by atoms with E-state index in [-0.39, 0.29) is 6.54 Å². The Bertz CT molecular complexity index is 643. The van der Waals surface area contributed by atoms with E-state index in [1.165, 1.54) is 5.01 Å². The summed E-state index contributed by atoms with van der Waals surface area (Å²) in [7, 11) is 0. The third-order valence-corrected chi connectivity index (χ3v) is 3.21. The van der Waals surface area contributed by atoms with Crippen LogP contribution in [0.1, 0.15) is 5.56 Å². The maximum atomic E-state index is 12.1. The van der Waals surface area contributed by atoms with Gasteiger partial charge >= 0.3 is 6.03 Å². The van der Waals surface area contributed by atoms with E-state index >= 15 is 0 Å². The minimum atomic E-state index is -0.548. The third kappa shape index (κ3) is 2.93. The summed E-state index contributed by atoms with van der Waals surface area (Å²) < 4.78 is 0. The van der Waals surface area contributed by atoms with Gasteiger partial charge in [-0.25, -0.2) is 9.80 Å². The molecule has 1 saturated heterocycles. The van der Waals surface area contributed by atoms with Crippen LogP contribution in [0.5, 0.6) is 0 Å². The Morgan fingerprint density at radius 2 is 1.52 bits per heavy atom. The molecule has 0 atom stereocenters. The number of urea groups is 1. The molecule has 0 aliphatic carbocycles. The van der Waals surface area contributed by atoms with Crippen LogP contribution in [0.3, 0.4) is 0 Å². The van der Waals surface area contributed by atoms with Gasteiger partial charge in [0.15, 0.2) is 0 Å². The first-order chi connectivity index (χ1) is 10.2. The quantitative estimate of drug-likeness (QED) is 0.866. The van der Waals surface area contributed by atoms with Crippen LogP contribution in [0.15, 0.2) is 60.7 Å². The normalized spacial score (nSPS) is 15.9. The molecule has 0 aromatic heterocycles. The van der Waals surface area contributed by atoms with Crippen molar-refractivity contribution in [2.24, 2.45) is 0 Å². The van der Waals surface area contributed by atoms with E-state index in [0.717, 1.165) is 5.56 Å². The number of hydrazine groups is 1. The fraction of sp³-hybridized carbons (Fsp3) is 0.125. The van der Waals surface area contributed by atoms with Gasteiger partial charge in [0.25, 0.3) is 5.91 Å². The number of carbonyl (C=O) groups is 2. The summed E-state index contributed by atoms with van der Waals surface area (Å²) in [4.78, 5) is 23.7. The molecule has 5 nitrogen and oxygen atoms in total. The molecule has 1 aliphatic rings. The third-order valence-electron chi connectivity index (χ3n) is 3.21. The van der Waals surface area contributed by atoms with Crippen LogP contribution >= 0.6 is 0 Å². The van der Waals surface area contributed by atoms with Gasteiger partial charge < -0.3 is 0 Å². The highest BCUT2D eigenvalue weighted by molar-refractivity contribution is 6.04. The van der Waals surface area contributed by atoms with Crippen molar-refractivity contribution in [3.05, 3.63) is 66.2 Å². The lowest BCUT2D eigenvalue weighted by atomic mass is 10.2. The summed E-state index contributed by atoms with van der Waals surface area (Å²) >= 11 is 0. The smallest absolute Gasteiger partial charge is 0.271 e. The second-order valence-electron chi connectivity index (χ2n) is 4.74. The number of carbonyl (C=O) groups excluding carboxylic acids is 2. The van der Waals surface area contributed by atoms with Crippen molar-refractivity contribution >= 4 is 17.6 Å². The highest BCUT2D eigenvalue weighted by Crippen LogP contribution is 2.20. The molecule has 0 N–H and O–H groups in total. The lowest BCUT2D eigenvalue weighted by Crippen LogP contribution is -2.58. The van der Waals surface area contributed by atoms with Crippen LogP contribution in [-0.4, -0.2) is 23.5 Å². The monoisotopic (exact) mass is 280 g/mol. The van der Waals surface area contributed by atoms with Crippen LogP contribution in [0.25, 0.3) is 0 Å². The van der Waals surface area contributed by atoms with Crippen LogP contribution in [0.2, 0.25) is 0 Å². The average molecular weight is 280 g/mol. The lowest BCUT2D eigenvalue weighted by molar-refractivity contribution is -0.122. The molecular formula is C16H14N3O2. The predicted molar refractivity (Wildman–Crippen MR) is 78.3 cm³/mol. The molecule has 0 spiro atoms. The molecule has 0 saturated carbocycles. The molecule has 0 bridgehead atoms. The van der Waals surface area contributed by atoms with E-state index < -0.39 is 11.9 Å². The van der Waals surface area contributed by atoms with Crippen molar-refractivity contribution in [1.82, 2.24) is 10.3 Å². The van der Waals surface area contributed by atoms with Crippen LogP contribution in [-0.2, 0) is 11.3 Å². The summed E-state index contributed by atoms with van der Waals surface area (Å²) in [6, 6.07) is 18.4. The number of rotatable bonds is 3. The van der Waals surface area contributed by atoms with Gasteiger partial charge in [0.05, 0.1) is 5.69 Å². The summed E-state index contributed by atoms with van der Waals surface area (Å²) in [5.41, 5.74) is 1.73. The van der Waals surface area contributed by atoms with Crippen molar-refractivity contribution in [2.45, 2.75) is 6.54 Å². The van der Waals surface area contributed by atoms with Gasteiger partial charge in [0.1, 0.15) is 6.54 Å². The first-order valence-corrected chi connectivity index (χ1v) is 6.66. The van der Waals surface area contributed by atoms with Gasteiger partial charge in [-0.15, -0.1) is 0 Å². The molecule has 3 amide bonds. The largest absolute Gasteiger partial charge is 0.366 e. The Hall–Kier alpha value is -2.66. The number of para-hydroxylation sites is 1. The molecule has 5 heteroatoms. The molecule has 105 valence electrons. The van der Waals surface area contributed by atoms with Gasteiger partial charge in [0.2, 0.25) is 0 Å². The van der Waals surface area contributed by atoms with E-state index in [4.69, 9.17) is 0 Å². The molecule has 1 aliphatic heterocycles. The molecule has 1 heterocycles. The summed E-state index contributed by atoms with van der Waals surface area (Å²) in [6.07, 6.45) is 0. The van der Waals surface area contributed by atoms with Gasteiger partial charge in [-0.2, -0.15) is 10.3 Å². The maximum absolute atomic E-state index is 12.1. The second kappa shape index (κ2) is 5.76. The van der Waals surface area contributed by atoms with Crippen molar-refractivity contribution < 1.29 is 9.59 Å². The van der Waals surface area contributed by atoms with E-state index in [0.29, 0.717) is 12.2 Å². The second-order valence-corrected chi connectivity index (χ2v) is 4.74. The highest BCUT2D eigenvalue weighted by atomic mass is 16.2. The van der Waals surface area contributed by atoms with Crippen molar-refractivity contribution in [3.63, 3.8) is 0 Å². The summed E-state index contributed by atoms with van der Waals surface area (Å²) in [5.74, 6) is -0.414. The fourth-order valence-corrected chi connectivity index (χ4v) is 2.30. The van der Waals surface area contributed by atoms with Crippen LogP contribution < -0.4 is 10.3 Å². The van der Waals surface area contributed by atoms with Crippen molar-refractivity contribution in [2.75, 3.05) is 11.6 Å². The summed E-state index contributed by atoms with van der Waals surface area (Å²) in [6.45, 7) is 0.568. The first-order valence-electron chi connectivity index (χ1n) is 6.66. The SMILES string of the molecule is O=C1CN(Cc2ccccc2)N(c2ccccc2)C(=O)[N]1. The zero-order valence-electron chi connectivity index (χ0n) is 11.3. The number of hydrogen-bond acceptors (Lipinski definition) is 3. The standard InChI is InChI=1S/C16H14N3O2/c20-15-12-18(11-13-7-3-1-4-8-13)19(16(21)17-15)14-9-5-2-6-10-14/h1-10H,11-12H2. The van der Waals surface area contributed by atoms with Crippen LogP contribution in [0, 0.1) is 0 Å². The Balaban J connectivity index is 1.90. The molecule has 2 aromatic carbocycles. The first kappa shape index (κ1) is 13.3. The predicted octanol–water partition coefficient (Wildman–Crippen LogP) is 2.17. The average Bonchev–Trinajstić information content (AvgIpc) is 2.48. The molecule has 1 radical (unpaired) electrons. The van der Waals surface area contributed by atoms with E-state index in [1.54, 1.807) is 5.01 Å². The van der Waals surface area contributed by atoms with Gasteiger partial charge in [-0.05, 0) is 17.7 Å². The lowest BCUT2D eigenvalue weighted by Gasteiger charge is -2.36. The molecule has 0 unspecified atom stereocenters. The van der Waals surface area contributed by atoms with E-state index in [2.05, 4.69) is 5.32 Å². The topological polar surface area (TPSA) is 54.7 Å². The molecule has 21 heavy (non-hydrogen) atoms. The number of anilines is 1. The maximum Gasteiger partial charge on any atom is 0.366 e. The number of hydrogen-bond donors (Lipinski definition) is 0. The molecular weight excluding hydrogens is 266 g/mol. The Morgan fingerprint density at radius 1 is 0.905 bits per heavy atom. The molecule has 3 rings (SSSR count). The number of imide groups is 1. The van der Waals surface area contributed by atoms with Gasteiger partial charge in [-0.1, -0.05) is 48.5 Å². The highest BCUT2D eigenvalue weighted by Gasteiger charge is 2.33. The Kier molecular flexibility index (Phi) is 3.66. The summed E-state index contributed by atoms with van der Waals surface area (Å²) in [5, 5.41) is 6.70. The molecule has 2 aromatic rings. The van der Waals surface area contributed by atoms with Gasteiger partial charge in [0, 0.05) is 6.54 Å². The minimum absolute atomic E-state index is 0.0928. The van der Waals surface area contributed by atoms with E-state index in [9.17, 15) is 9.59 Å². The Morgan fingerprint density at radius 3 is 2.19 bits per heavy atom. The van der Waals surface area contributed by atoms with Crippen molar-refractivity contribution in [3.8, 4) is 0 Å². The minimum Gasteiger partial charge on any atom is -0.271 e. The van der Waals surface area contributed by atoms with Crippen molar-refractivity contribution in [1.29, 1.82) is 0 Å².